The van der Waals surface area contributed by atoms with Crippen LogP contribution >= 0.6 is 0 Å². The highest BCUT2D eigenvalue weighted by atomic mass is 16.3. The summed E-state index contributed by atoms with van der Waals surface area (Å²) in [7, 11) is 0. The molecule has 4 nitrogen and oxygen atoms in total. The van der Waals surface area contributed by atoms with Gasteiger partial charge in [0.25, 0.3) is 0 Å². The van der Waals surface area contributed by atoms with Gasteiger partial charge in [0.1, 0.15) is 11.3 Å². The van der Waals surface area contributed by atoms with Crippen molar-refractivity contribution in [1.29, 1.82) is 0 Å². The first kappa shape index (κ1) is 23.8. The van der Waals surface area contributed by atoms with E-state index < -0.39 is 16.7 Å². The maximum absolute atomic E-state index is 13.0. The van der Waals surface area contributed by atoms with Crippen LogP contribution in [0, 0.1) is 5.41 Å². The molecule has 0 aliphatic rings. The lowest BCUT2D eigenvalue weighted by atomic mass is 9.67. The molecule has 154 valence electrons. The minimum Gasteiger partial charge on any atom is -0.384 e. The summed E-state index contributed by atoms with van der Waals surface area (Å²) < 4.78 is 0. The third-order valence-electron chi connectivity index (χ3n) is 5.58. The van der Waals surface area contributed by atoms with Gasteiger partial charge in [-0.05, 0) is 34.8 Å². The van der Waals surface area contributed by atoms with E-state index in [0.29, 0.717) is 6.42 Å². The van der Waals surface area contributed by atoms with Gasteiger partial charge in [-0.25, -0.2) is 0 Å². The van der Waals surface area contributed by atoms with Crippen LogP contribution in [0.2, 0.25) is 0 Å². The summed E-state index contributed by atoms with van der Waals surface area (Å²) in [5, 5.41) is 11.7. The van der Waals surface area contributed by atoms with E-state index in [2.05, 4.69) is 33.8 Å². The molecule has 0 bridgehead atoms. The predicted octanol–water partition coefficient (Wildman–Crippen LogP) is 4.37. The van der Waals surface area contributed by atoms with Gasteiger partial charge in [0.2, 0.25) is 0 Å². The monoisotopic (exact) mass is 376 g/mol. The Morgan fingerprint density at radius 1 is 1.00 bits per heavy atom. The number of hydrogen-bond acceptors (Lipinski definition) is 4. The lowest BCUT2D eigenvalue weighted by Crippen LogP contribution is -2.58. The second-order valence-corrected chi connectivity index (χ2v) is 10.0. The van der Waals surface area contributed by atoms with Crippen molar-refractivity contribution >= 4 is 5.78 Å². The molecule has 0 amide bonds. The standard InChI is InChI=1S/C23H40N2O2/c1-8-9-10-14-23(24,25)19(26)16-22(27,21(5,6)7)18-13-11-12-17(15-18)20(2,3)4/h11-13,15,27H,8-10,14,16,24-25H2,1-7H3. The Kier molecular flexibility index (Phi) is 7.42. The highest BCUT2D eigenvalue weighted by molar-refractivity contribution is 5.88. The van der Waals surface area contributed by atoms with Crippen molar-refractivity contribution < 1.29 is 9.90 Å². The highest BCUT2D eigenvalue weighted by Crippen LogP contribution is 2.43. The molecule has 1 unspecified atom stereocenters. The van der Waals surface area contributed by atoms with Crippen molar-refractivity contribution in [2.45, 2.75) is 97.2 Å². The molecule has 4 heteroatoms. The minimum atomic E-state index is -1.41. The zero-order chi connectivity index (χ0) is 21.1. The van der Waals surface area contributed by atoms with Crippen LogP contribution in [-0.2, 0) is 15.8 Å². The molecule has 1 aromatic carbocycles. The van der Waals surface area contributed by atoms with Crippen molar-refractivity contribution in [1.82, 2.24) is 0 Å². The van der Waals surface area contributed by atoms with Crippen LogP contribution in [0.3, 0.4) is 0 Å². The summed E-state index contributed by atoms with van der Waals surface area (Å²) in [5.41, 5.74) is 10.8. The zero-order valence-electron chi connectivity index (χ0n) is 18.4. The molecule has 0 aliphatic carbocycles. The van der Waals surface area contributed by atoms with E-state index in [1.165, 1.54) is 0 Å². The molecule has 0 saturated carbocycles. The zero-order valence-corrected chi connectivity index (χ0v) is 18.4. The van der Waals surface area contributed by atoms with Crippen molar-refractivity contribution in [2.75, 3.05) is 0 Å². The van der Waals surface area contributed by atoms with Gasteiger partial charge in [-0.2, -0.15) is 0 Å². The summed E-state index contributed by atoms with van der Waals surface area (Å²) in [6, 6.07) is 7.88. The Labute approximate surface area is 165 Å². The summed E-state index contributed by atoms with van der Waals surface area (Å²) >= 11 is 0. The average Bonchev–Trinajstić information content (AvgIpc) is 2.53. The molecule has 1 atom stereocenters. The van der Waals surface area contributed by atoms with Crippen LogP contribution in [0.15, 0.2) is 24.3 Å². The molecule has 0 fully saturated rings. The number of benzene rings is 1. The number of unbranched alkanes of at least 4 members (excludes halogenated alkanes) is 2. The molecular weight excluding hydrogens is 336 g/mol. The number of carbonyl (C=O) groups is 1. The molecular formula is C23H40N2O2. The third kappa shape index (κ3) is 5.87. The summed E-state index contributed by atoms with van der Waals surface area (Å²) in [4.78, 5) is 13.0. The normalized spacial score (nSPS) is 15.5. The molecule has 0 aromatic heterocycles. The Balaban J connectivity index is 3.25. The van der Waals surface area contributed by atoms with Gasteiger partial charge >= 0.3 is 0 Å². The second kappa shape index (κ2) is 8.42. The lowest BCUT2D eigenvalue weighted by molar-refractivity contribution is -0.137. The van der Waals surface area contributed by atoms with Gasteiger partial charge in [0.15, 0.2) is 5.78 Å². The number of rotatable bonds is 8. The molecule has 0 radical (unpaired) electrons. The summed E-state index contributed by atoms with van der Waals surface area (Å²) in [6.07, 6.45) is 3.17. The van der Waals surface area contributed by atoms with Gasteiger partial charge in [-0.15, -0.1) is 0 Å². The molecule has 1 aromatic rings. The Morgan fingerprint density at radius 2 is 1.56 bits per heavy atom. The van der Waals surface area contributed by atoms with E-state index in [9.17, 15) is 9.90 Å². The predicted molar refractivity (Wildman–Crippen MR) is 113 cm³/mol. The molecule has 0 spiro atoms. The van der Waals surface area contributed by atoms with Crippen LogP contribution in [0.4, 0.5) is 0 Å². The summed E-state index contributed by atoms with van der Waals surface area (Å²) in [6.45, 7) is 14.3. The lowest BCUT2D eigenvalue weighted by Gasteiger charge is -2.42. The average molecular weight is 377 g/mol. The Morgan fingerprint density at radius 3 is 2.04 bits per heavy atom. The molecule has 0 aliphatic heterocycles. The number of aliphatic hydroxyl groups is 1. The molecule has 5 N–H and O–H groups in total. The quantitative estimate of drug-likeness (QED) is 0.464. The molecule has 0 saturated heterocycles. The highest BCUT2D eigenvalue weighted by Gasteiger charge is 2.46. The van der Waals surface area contributed by atoms with Crippen molar-refractivity contribution in [3.63, 3.8) is 0 Å². The SMILES string of the molecule is CCCCCC(N)(N)C(=O)CC(O)(c1cccc(C(C)(C)C)c1)C(C)(C)C. The maximum Gasteiger partial charge on any atom is 0.170 e. The van der Waals surface area contributed by atoms with E-state index in [-0.39, 0.29) is 17.6 Å². The van der Waals surface area contributed by atoms with E-state index in [1.54, 1.807) is 0 Å². The van der Waals surface area contributed by atoms with Crippen molar-refractivity contribution in [3.8, 4) is 0 Å². The fourth-order valence-electron chi connectivity index (χ4n) is 3.25. The van der Waals surface area contributed by atoms with Gasteiger partial charge in [-0.3, -0.25) is 4.79 Å². The van der Waals surface area contributed by atoms with Crippen LogP contribution in [-0.4, -0.2) is 16.6 Å². The topological polar surface area (TPSA) is 89.3 Å². The van der Waals surface area contributed by atoms with Gasteiger partial charge < -0.3 is 16.6 Å². The number of hydrogen-bond donors (Lipinski definition) is 3. The number of nitrogens with two attached hydrogens (primary N) is 2. The van der Waals surface area contributed by atoms with Crippen LogP contribution in [0.5, 0.6) is 0 Å². The van der Waals surface area contributed by atoms with E-state index in [4.69, 9.17) is 11.5 Å². The smallest absolute Gasteiger partial charge is 0.170 e. The first-order valence-corrected chi connectivity index (χ1v) is 10.1. The third-order valence-corrected chi connectivity index (χ3v) is 5.58. The molecule has 0 heterocycles. The largest absolute Gasteiger partial charge is 0.384 e. The van der Waals surface area contributed by atoms with E-state index >= 15 is 0 Å². The minimum absolute atomic E-state index is 0.0511. The fraction of sp³-hybridized carbons (Fsp3) is 0.696. The Hall–Kier alpha value is -1.23. The van der Waals surface area contributed by atoms with E-state index in [0.717, 1.165) is 30.4 Å². The van der Waals surface area contributed by atoms with Crippen molar-refractivity contribution in [2.24, 2.45) is 16.9 Å². The molecule has 27 heavy (non-hydrogen) atoms. The van der Waals surface area contributed by atoms with Gasteiger partial charge in [-0.1, -0.05) is 85.6 Å². The van der Waals surface area contributed by atoms with Crippen LogP contribution < -0.4 is 11.5 Å². The molecule has 1 rings (SSSR count). The number of carbonyl (C=O) groups excluding carboxylic acids is 1. The van der Waals surface area contributed by atoms with Crippen LogP contribution in [0.25, 0.3) is 0 Å². The maximum atomic E-state index is 13.0. The van der Waals surface area contributed by atoms with Gasteiger partial charge in [0.05, 0.1) is 0 Å². The summed E-state index contributed by atoms with van der Waals surface area (Å²) in [5.74, 6) is -0.294. The number of ketones is 1. The van der Waals surface area contributed by atoms with Crippen LogP contribution in [0.1, 0.15) is 91.7 Å². The fourth-order valence-corrected chi connectivity index (χ4v) is 3.25. The first-order chi connectivity index (χ1) is 12.1. The van der Waals surface area contributed by atoms with Crippen molar-refractivity contribution in [3.05, 3.63) is 35.4 Å². The second-order valence-electron chi connectivity index (χ2n) is 10.0. The number of Topliss-reactive ketones (excluding diaryl/α,β-unsaturated/α-hetero) is 1. The van der Waals surface area contributed by atoms with Gasteiger partial charge in [0, 0.05) is 6.42 Å². The van der Waals surface area contributed by atoms with E-state index in [1.807, 2.05) is 39.0 Å². The Bertz CT molecular complexity index is 639. The first-order valence-electron chi connectivity index (χ1n) is 10.1.